The summed E-state index contributed by atoms with van der Waals surface area (Å²) >= 11 is 0. The fourth-order valence-electron chi connectivity index (χ4n) is 2.12. The number of hydrogen-bond acceptors (Lipinski definition) is 2. The summed E-state index contributed by atoms with van der Waals surface area (Å²) in [5, 5.41) is 0. The quantitative estimate of drug-likeness (QED) is 0.248. The van der Waals surface area contributed by atoms with Gasteiger partial charge in [-0.15, -0.1) is 0 Å². The molecule has 0 aliphatic rings. The zero-order valence-corrected chi connectivity index (χ0v) is 16.0. The lowest BCUT2D eigenvalue weighted by molar-refractivity contribution is -0.476. The molecule has 1 rings (SSSR count). The molecule has 2 nitrogen and oxygen atoms in total. The number of anilines is 1. The van der Waals surface area contributed by atoms with Crippen LogP contribution in [-0.4, -0.2) is 53.7 Å². The summed E-state index contributed by atoms with van der Waals surface area (Å²) in [6, 6.07) is 2.19. The summed E-state index contributed by atoms with van der Waals surface area (Å²) < 4.78 is 253. The topological polar surface area (TPSA) is 35.2 Å². The number of hydrogen-bond donors (Lipinski definition) is 1. The van der Waals surface area contributed by atoms with Gasteiger partial charge in [0.05, 0.1) is 5.69 Å². The van der Waals surface area contributed by atoms with Crippen molar-refractivity contribution in [1.29, 1.82) is 0 Å². The molecular weight excluding hydrogens is 571 g/mol. The number of para-hydroxylation sites is 2. The maximum Gasteiger partial charge on any atom is 0.471 e. The van der Waals surface area contributed by atoms with Gasteiger partial charge in [0.25, 0.3) is 0 Å². The molecule has 0 aliphatic carbocycles. The number of alkyl halides is 19. The zero-order valence-electron chi connectivity index (χ0n) is 16.0. The lowest BCUT2D eigenvalue weighted by atomic mass is 9.88. The molecule has 0 aromatic heterocycles. The number of nitrogens with two attached hydrogens (primary N) is 1. The van der Waals surface area contributed by atoms with E-state index < -0.39 is 65.2 Å². The highest BCUT2D eigenvalue weighted by atomic mass is 19.4. The third-order valence-corrected chi connectivity index (χ3v) is 4.24. The van der Waals surface area contributed by atoms with E-state index in [9.17, 15) is 83.4 Å². The normalized spacial score (nSPS) is 15.8. The van der Waals surface area contributed by atoms with E-state index in [-0.39, 0.29) is 6.07 Å². The van der Waals surface area contributed by atoms with Gasteiger partial charge in [0.15, 0.2) is 0 Å². The summed E-state index contributed by atoms with van der Waals surface area (Å²) in [4.78, 5) is 0. The van der Waals surface area contributed by atoms with Crippen molar-refractivity contribution in [1.82, 2.24) is 0 Å². The number of ether oxygens (including phenoxy) is 1. The molecular formula is C15H6F19NO. The molecule has 210 valence electrons. The molecule has 0 saturated carbocycles. The molecule has 1 aromatic carbocycles. The molecule has 0 bridgehead atoms. The summed E-state index contributed by atoms with van der Waals surface area (Å²) in [7, 11) is 0. The van der Waals surface area contributed by atoms with Crippen molar-refractivity contribution < 1.29 is 88.2 Å². The first kappa shape index (κ1) is 31.5. The van der Waals surface area contributed by atoms with Crippen LogP contribution in [-0.2, 0) is 0 Å². The Morgan fingerprint density at radius 1 is 0.444 bits per heavy atom. The molecule has 0 fully saturated rings. The summed E-state index contributed by atoms with van der Waals surface area (Å²) in [6.45, 7) is 0. The van der Waals surface area contributed by atoms with E-state index in [1.54, 1.807) is 0 Å². The van der Waals surface area contributed by atoms with Crippen LogP contribution in [0.5, 0.6) is 5.75 Å². The summed E-state index contributed by atoms with van der Waals surface area (Å²) in [6.07, 6.45) is -15.0. The number of rotatable bonds is 9. The van der Waals surface area contributed by atoms with E-state index in [4.69, 9.17) is 5.73 Å². The minimum Gasteiger partial charge on any atom is -0.426 e. The second-order valence-electron chi connectivity index (χ2n) is 6.68. The highest BCUT2D eigenvalue weighted by Crippen LogP contribution is 2.65. The van der Waals surface area contributed by atoms with E-state index in [0.29, 0.717) is 12.1 Å². The number of nitrogen functional groups attached to an aromatic ring is 1. The molecule has 21 heteroatoms. The van der Waals surface area contributed by atoms with Gasteiger partial charge in [0.1, 0.15) is 5.75 Å². The third kappa shape index (κ3) is 4.01. The highest BCUT2D eigenvalue weighted by Gasteiger charge is 2.97. The first-order valence-corrected chi connectivity index (χ1v) is 8.11. The molecule has 2 N–H and O–H groups in total. The standard InChI is InChI=1S/C15H6F19NO/c16-7(17,8(18,19)10(22,23)12(26,27)14(30,31)32)9(20,21)11(24,25)13(28,29)15(33,34)36-6-4-2-1-3-5(6)35/h1-4H,35H2. The fourth-order valence-corrected chi connectivity index (χ4v) is 2.12. The van der Waals surface area contributed by atoms with Crippen molar-refractivity contribution in [3.63, 3.8) is 0 Å². The van der Waals surface area contributed by atoms with Crippen LogP contribution in [0.4, 0.5) is 89.1 Å². The van der Waals surface area contributed by atoms with Crippen molar-refractivity contribution in [3.05, 3.63) is 24.3 Å². The molecule has 0 atom stereocenters. The first-order chi connectivity index (χ1) is 15.5. The molecule has 0 unspecified atom stereocenters. The highest BCUT2D eigenvalue weighted by molar-refractivity contribution is 5.52. The van der Waals surface area contributed by atoms with Gasteiger partial charge in [0, 0.05) is 0 Å². The van der Waals surface area contributed by atoms with Crippen LogP contribution in [0.15, 0.2) is 24.3 Å². The Bertz CT molecular complexity index is 950. The maximum absolute atomic E-state index is 13.7. The van der Waals surface area contributed by atoms with Crippen LogP contribution in [0.3, 0.4) is 0 Å². The smallest absolute Gasteiger partial charge is 0.426 e. The van der Waals surface area contributed by atoms with E-state index in [2.05, 4.69) is 4.74 Å². The maximum atomic E-state index is 13.7. The van der Waals surface area contributed by atoms with Gasteiger partial charge < -0.3 is 10.5 Å². The minimum absolute atomic E-state index is 0.179. The molecule has 0 saturated heterocycles. The summed E-state index contributed by atoms with van der Waals surface area (Å²) in [5.74, 6) is -62.3. The van der Waals surface area contributed by atoms with Crippen molar-refractivity contribution in [2.75, 3.05) is 5.73 Å². The van der Waals surface area contributed by atoms with Gasteiger partial charge in [-0.1, -0.05) is 12.1 Å². The number of halogens is 19. The van der Waals surface area contributed by atoms with Gasteiger partial charge >= 0.3 is 53.7 Å². The Kier molecular flexibility index (Phi) is 7.22. The molecule has 0 spiro atoms. The Morgan fingerprint density at radius 2 is 0.750 bits per heavy atom. The predicted octanol–water partition coefficient (Wildman–Crippen LogP) is 7.25. The van der Waals surface area contributed by atoms with Crippen LogP contribution >= 0.6 is 0 Å². The van der Waals surface area contributed by atoms with Crippen molar-refractivity contribution in [2.45, 2.75) is 53.7 Å². The van der Waals surface area contributed by atoms with E-state index in [1.807, 2.05) is 0 Å². The third-order valence-electron chi connectivity index (χ3n) is 4.24. The van der Waals surface area contributed by atoms with Gasteiger partial charge in [0.2, 0.25) is 0 Å². The van der Waals surface area contributed by atoms with Gasteiger partial charge in [-0.25, -0.2) is 0 Å². The van der Waals surface area contributed by atoms with Gasteiger partial charge in [-0.3, -0.25) is 0 Å². The van der Waals surface area contributed by atoms with Crippen LogP contribution in [0, 0.1) is 0 Å². The monoisotopic (exact) mass is 577 g/mol. The van der Waals surface area contributed by atoms with Crippen molar-refractivity contribution >= 4 is 5.69 Å². The fraction of sp³-hybridized carbons (Fsp3) is 0.600. The minimum atomic E-state index is -8.98. The lowest BCUT2D eigenvalue weighted by Crippen LogP contribution is -2.76. The van der Waals surface area contributed by atoms with E-state index in [1.165, 1.54) is 0 Å². The van der Waals surface area contributed by atoms with Crippen molar-refractivity contribution in [3.8, 4) is 5.75 Å². The second-order valence-corrected chi connectivity index (χ2v) is 6.68. The SMILES string of the molecule is Nc1ccccc1OC(F)(F)C(F)(F)C(F)(F)C(F)(F)C(F)(F)C(F)(F)C(F)(F)C(F)(F)C(F)(F)F. The second kappa shape index (κ2) is 8.25. The van der Waals surface area contributed by atoms with Gasteiger partial charge in [-0.05, 0) is 12.1 Å². The van der Waals surface area contributed by atoms with Crippen LogP contribution < -0.4 is 10.5 Å². The molecule has 0 aliphatic heterocycles. The Labute approximate surface area is 184 Å². The lowest BCUT2D eigenvalue weighted by Gasteiger charge is -2.43. The largest absolute Gasteiger partial charge is 0.471 e. The van der Waals surface area contributed by atoms with E-state index in [0.717, 1.165) is 6.07 Å². The van der Waals surface area contributed by atoms with E-state index >= 15 is 0 Å². The average molecular weight is 577 g/mol. The van der Waals surface area contributed by atoms with Crippen LogP contribution in [0.25, 0.3) is 0 Å². The predicted molar refractivity (Wildman–Crippen MR) is 77.1 cm³/mol. The Morgan fingerprint density at radius 3 is 1.08 bits per heavy atom. The Hall–Kier alpha value is -2.51. The number of benzene rings is 1. The average Bonchev–Trinajstić information content (AvgIpc) is 2.67. The zero-order chi connectivity index (χ0) is 29.2. The van der Waals surface area contributed by atoms with Crippen molar-refractivity contribution in [2.24, 2.45) is 0 Å². The van der Waals surface area contributed by atoms with Crippen LogP contribution in [0.1, 0.15) is 0 Å². The molecule has 0 radical (unpaired) electrons. The molecule has 1 aromatic rings. The molecule has 0 amide bonds. The summed E-state index contributed by atoms with van der Waals surface area (Å²) in [5.41, 5.74) is 3.79. The Balaban J connectivity index is 3.68. The van der Waals surface area contributed by atoms with Gasteiger partial charge in [-0.2, -0.15) is 83.4 Å². The molecule has 36 heavy (non-hydrogen) atoms. The van der Waals surface area contributed by atoms with Crippen LogP contribution in [0.2, 0.25) is 0 Å². The molecule has 0 heterocycles. The first-order valence-electron chi connectivity index (χ1n) is 8.11.